The Kier molecular flexibility index (Phi) is 4.29. The SMILES string of the molecule is CC(=O)c1ccc(OCCc2ccncc2)c(C)c1. The maximum absolute atomic E-state index is 11.3. The number of Topliss-reactive ketones (excluding diaryl/α,β-unsaturated/α-hetero) is 1. The molecule has 0 aliphatic heterocycles. The van der Waals surface area contributed by atoms with Crippen molar-refractivity contribution >= 4 is 5.78 Å². The molecule has 0 saturated carbocycles. The van der Waals surface area contributed by atoms with Crippen LogP contribution < -0.4 is 4.74 Å². The summed E-state index contributed by atoms with van der Waals surface area (Å²) in [5.41, 5.74) is 2.91. The van der Waals surface area contributed by atoms with Gasteiger partial charge in [-0.2, -0.15) is 0 Å². The maximum atomic E-state index is 11.3. The number of pyridine rings is 1. The minimum absolute atomic E-state index is 0.0754. The van der Waals surface area contributed by atoms with E-state index in [2.05, 4.69) is 4.98 Å². The van der Waals surface area contributed by atoms with Crippen LogP contribution in [0.15, 0.2) is 42.7 Å². The molecular weight excluding hydrogens is 238 g/mol. The van der Waals surface area contributed by atoms with Gasteiger partial charge in [-0.1, -0.05) is 0 Å². The molecule has 0 aliphatic carbocycles. The van der Waals surface area contributed by atoms with Crippen molar-refractivity contribution in [1.29, 1.82) is 0 Å². The molecule has 1 aromatic carbocycles. The minimum Gasteiger partial charge on any atom is -0.493 e. The lowest BCUT2D eigenvalue weighted by Crippen LogP contribution is -2.03. The molecule has 0 N–H and O–H groups in total. The zero-order valence-corrected chi connectivity index (χ0v) is 11.2. The van der Waals surface area contributed by atoms with E-state index in [-0.39, 0.29) is 5.78 Å². The molecule has 2 aromatic rings. The van der Waals surface area contributed by atoms with Crippen molar-refractivity contribution in [1.82, 2.24) is 4.98 Å². The van der Waals surface area contributed by atoms with Crippen molar-refractivity contribution in [3.8, 4) is 5.75 Å². The third-order valence-electron chi connectivity index (χ3n) is 2.98. The van der Waals surface area contributed by atoms with Gasteiger partial charge in [0, 0.05) is 24.4 Å². The molecule has 3 heteroatoms. The summed E-state index contributed by atoms with van der Waals surface area (Å²) >= 11 is 0. The first-order valence-corrected chi connectivity index (χ1v) is 6.30. The molecule has 0 aliphatic rings. The minimum atomic E-state index is 0.0754. The van der Waals surface area contributed by atoms with Gasteiger partial charge >= 0.3 is 0 Å². The number of nitrogens with zero attached hydrogens (tertiary/aromatic N) is 1. The summed E-state index contributed by atoms with van der Waals surface area (Å²) in [6.45, 7) is 4.14. The smallest absolute Gasteiger partial charge is 0.159 e. The van der Waals surface area contributed by atoms with E-state index in [0.29, 0.717) is 6.61 Å². The highest BCUT2D eigenvalue weighted by Crippen LogP contribution is 2.19. The van der Waals surface area contributed by atoms with Crippen molar-refractivity contribution in [3.05, 3.63) is 59.4 Å². The Morgan fingerprint density at radius 1 is 1.21 bits per heavy atom. The first kappa shape index (κ1) is 13.3. The molecule has 0 spiro atoms. The summed E-state index contributed by atoms with van der Waals surface area (Å²) in [6.07, 6.45) is 4.40. The number of aromatic nitrogens is 1. The van der Waals surface area contributed by atoms with Gasteiger partial charge in [-0.25, -0.2) is 0 Å². The van der Waals surface area contributed by atoms with Crippen LogP contribution >= 0.6 is 0 Å². The van der Waals surface area contributed by atoms with Gasteiger partial charge < -0.3 is 4.74 Å². The number of ketones is 1. The van der Waals surface area contributed by atoms with Crippen LogP contribution in [-0.4, -0.2) is 17.4 Å². The summed E-state index contributed by atoms with van der Waals surface area (Å²) < 4.78 is 5.74. The van der Waals surface area contributed by atoms with Gasteiger partial charge in [-0.3, -0.25) is 9.78 Å². The summed E-state index contributed by atoms with van der Waals surface area (Å²) in [7, 11) is 0. The molecule has 98 valence electrons. The van der Waals surface area contributed by atoms with Crippen molar-refractivity contribution in [2.45, 2.75) is 20.3 Å². The molecule has 0 bridgehead atoms. The monoisotopic (exact) mass is 255 g/mol. The zero-order valence-electron chi connectivity index (χ0n) is 11.2. The van der Waals surface area contributed by atoms with Gasteiger partial charge in [0.05, 0.1) is 6.61 Å². The number of rotatable bonds is 5. The van der Waals surface area contributed by atoms with Crippen LogP contribution in [0.3, 0.4) is 0 Å². The second-order valence-corrected chi connectivity index (χ2v) is 4.49. The normalized spacial score (nSPS) is 10.2. The molecule has 0 atom stereocenters. The average Bonchev–Trinajstić information content (AvgIpc) is 2.41. The van der Waals surface area contributed by atoms with E-state index in [1.54, 1.807) is 25.4 Å². The van der Waals surface area contributed by atoms with E-state index in [1.807, 2.05) is 31.2 Å². The van der Waals surface area contributed by atoms with Crippen LogP contribution in [0, 0.1) is 6.92 Å². The first-order valence-electron chi connectivity index (χ1n) is 6.30. The van der Waals surface area contributed by atoms with Gasteiger partial charge in [-0.05, 0) is 55.3 Å². The van der Waals surface area contributed by atoms with Crippen molar-refractivity contribution in [3.63, 3.8) is 0 Å². The quantitative estimate of drug-likeness (QED) is 0.770. The maximum Gasteiger partial charge on any atom is 0.159 e. The molecule has 3 nitrogen and oxygen atoms in total. The lowest BCUT2D eigenvalue weighted by molar-refractivity contribution is 0.101. The second-order valence-electron chi connectivity index (χ2n) is 4.49. The lowest BCUT2D eigenvalue weighted by Gasteiger charge is -2.10. The Hall–Kier alpha value is -2.16. The van der Waals surface area contributed by atoms with Crippen molar-refractivity contribution < 1.29 is 9.53 Å². The number of benzene rings is 1. The Bertz CT molecular complexity index is 564. The number of aryl methyl sites for hydroxylation is 1. The predicted octanol–water partition coefficient (Wildman–Crippen LogP) is 3.21. The second kappa shape index (κ2) is 6.14. The molecule has 19 heavy (non-hydrogen) atoms. The van der Waals surface area contributed by atoms with E-state index in [4.69, 9.17) is 4.74 Å². The van der Waals surface area contributed by atoms with Gasteiger partial charge in [0.15, 0.2) is 5.78 Å². The van der Waals surface area contributed by atoms with Crippen LogP contribution in [-0.2, 0) is 6.42 Å². The molecule has 1 heterocycles. The van der Waals surface area contributed by atoms with Crippen molar-refractivity contribution in [2.75, 3.05) is 6.61 Å². The summed E-state index contributed by atoms with van der Waals surface area (Å²) in [5, 5.41) is 0. The third kappa shape index (κ3) is 3.65. The number of carbonyl (C=O) groups excluding carboxylic acids is 1. The van der Waals surface area contributed by atoms with Gasteiger partial charge in [0.2, 0.25) is 0 Å². The topological polar surface area (TPSA) is 39.2 Å². The highest BCUT2D eigenvalue weighted by Gasteiger charge is 2.04. The Balaban J connectivity index is 1.95. The average molecular weight is 255 g/mol. The fourth-order valence-electron chi connectivity index (χ4n) is 1.86. The molecule has 0 unspecified atom stereocenters. The van der Waals surface area contributed by atoms with Gasteiger partial charge in [-0.15, -0.1) is 0 Å². The van der Waals surface area contributed by atoms with Crippen molar-refractivity contribution in [2.24, 2.45) is 0 Å². The van der Waals surface area contributed by atoms with E-state index in [0.717, 1.165) is 23.3 Å². The molecule has 0 saturated heterocycles. The van der Waals surface area contributed by atoms with E-state index >= 15 is 0 Å². The van der Waals surface area contributed by atoms with E-state index < -0.39 is 0 Å². The van der Waals surface area contributed by atoms with Crippen LogP contribution in [0.25, 0.3) is 0 Å². The Labute approximate surface area is 113 Å². The van der Waals surface area contributed by atoms with Crippen LogP contribution in [0.4, 0.5) is 0 Å². The number of carbonyl (C=O) groups is 1. The highest BCUT2D eigenvalue weighted by molar-refractivity contribution is 5.94. The Morgan fingerprint density at radius 2 is 1.95 bits per heavy atom. The van der Waals surface area contributed by atoms with Crippen LogP contribution in [0.1, 0.15) is 28.4 Å². The number of hydrogen-bond donors (Lipinski definition) is 0. The van der Waals surface area contributed by atoms with Gasteiger partial charge in [0.25, 0.3) is 0 Å². The fourth-order valence-corrected chi connectivity index (χ4v) is 1.86. The van der Waals surface area contributed by atoms with E-state index in [9.17, 15) is 4.79 Å². The molecular formula is C16H17NO2. The lowest BCUT2D eigenvalue weighted by atomic mass is 10.1. The predicted molar refractivity (Wildman–Crippen MR) is 74.6 cm³/mol. The molecule has 0 fully saturated rings. The summed E-state index contributed by atoms with van der Waals surface area (Å²) in [5.74, 6) is 0.908. The summed E-state index contributed by atoms with van der Waals surface area (Å²) in [6, 6.07) is 9.49. The number of ether oxygens (including phenoxy) is 1. The van der Waals surface area contributed by atoms with E-state index in [1.165, 1.54) is 5.56 Å². The fraction of sp³-hybridized carbons (Fsp3) is 0.250. The largest absolute Gasteiger partial charge is 0.493 e. The van der Waals surface area contributed by atoms with Crippen LogP contribution in [0.2, 0.25) is 0 Å². The molecule has 0 radical (unpaired) electrons. The van der Waals surface area contributed by atoms with Crippen LogP contribution in [0.5, 0.6) is 5.75 Å². The molecule has 1 aromatic heterocycles. The zero-order chi connectivity index (χ0) is 13.7. The number of hydrogen-bond acceptors (Lipinski definition) is 3. The standard InChI is InChI=1S/C16H17NO2/c1-12-11-15(13(2)18)3-4-16(12)19-10-7-14-5-8-17-9-6-14/h3-6,8-9,11H,7,10H2,1-2H3. The first-order chi connectivity index (χ1) is 9.16. The Morgan fingerprint density at radius 3 is 2.58 bits per heavy atom. The molecule has 0 amide bonds. The third-order valence-corrected chi connectivity index (χ3v) is 2.98. The van der Waals surface area contributed by atoms with Gasteiger partial charge in [0.1, 0.15) is 5.75 Å². The molecule has 2 rings (SSSR count). The highest BCUT2D eigenvalue weighted by atomic mass is 16.5. The summed E-state index contributed by atoms with van der Waals surface area (Å²) in [4.78, 5) is 15.2.